The van der Waals surface area contributed by atoms with Crippen LogP contribution in [-0.4, -0.2) is 74.3 Å². The molecule has 15 nitrogen and oxygen atoms in total. The van der Waals surface area contributed by atoms with Gasteiger partial charge in [0.25, 0.3) is 23.2 Å². The molecule has 0 radical (unpaired) electrons. The first-order chi connectivity index (χ1) is 18.6. The van der Waals surface area contributed by atoms with Crippen LogP contribution in [0, 0.1) is 16.0 Å². The van der Waals surface area contributed by atoms with Crippen LogP contribution in [-0.2, 0) is 40.1 Å². The molecule has 1 aromatic heterocycles. The molecule has 0 saturated carbocycles. The zero-order valence-corrected chi connectivity index (χ0v) is 21.7. The molecule has 3 fully saturated rings. The number of nitrogens with two attached hydrogens (primary N) is 1. The summed E-state index contributed by atoms with van der Waals surface area (Å²) < 4.78 is 10.9. The lowest BCUT2D eigenvalue weighted by Gasteiger charge is -2.56. The SMILES string of the molecule is CON=C(C(=O)N[C@@H]1C(=O)N2[C@@H]1SC[C@@H]1CC(=O)O[C@@]12C(=O)OCc1ccc([N+](=O)[O-])cc1)c1csc(N)n1. The van der Waals surface area contributed by atoms with Crippen molar-refractivity contribution in [2.45, 2.75) is 30.2 Å². The van der Waals surface area contributed by atoms with E-state index in [1.54, 1.807) is 0 Å². The van der Waals surface area contributed by atoms with Crippen molar-refractivity contribution < 1.29 is 38.4 Å². The van der Waals surface area contributed by atoms with E-state index >= 15 is 0 Å². The van der Waals surface area contributed by atoms with E-state index in [4.69, 9.17) is 20.0 Å². The molecule has 4 atom stereocenters. The Hall–Kier alpha value is -4.25. The number of thioether (sulfide) groups is 1. The van der Waals surface area contributed by atoms with Crippen molar-refractivity contribution in [1.29, 1.82) is 0 Å². The van der Waals surface area contributed by atoms with Crippen LogP contribution in [0.2, 0.25) is 0 Å². The molecule has 5 rings (SSSR count). The van der Waals surface area contributed by atoms with E-state index in [2.05, 4.69) is 15.5 Å². The summed E-state index contributed by atoms with van der Waals surface area (Å²) in [6.07, 6.45) is -0.0942. The molecule has 204 valence electrons. The van der Waals surface area contributed by atoms with Gasteiger partial charge < -0.3 is 25.4 Å². The topological polar surface area (TPSA) is 206 Å². The second kappa shape index (κ2) is 10.1. The number of ether oxygens (including phenoxy) is 2. The second-order valence-electron chi connectivity index (χ2n) is 8.65. The molecule has 3 aliphatic rings. The number of hydrogen-bond donors (Lipinski definition) is 2. The number of nitrogen functional groups attached to an aromatic ring is 1. The minimum absolute atomic E-state index is 0.0942. The third-order valence-electron chi connectivity index (χ3n) is 6.36. The molecular weight excluding hydrogens is 556 g/mol. The van der Waals surface area contributed by atoms with Gasteiger partial charge in [0.05, 0.1) is 11.3 Å². The number of nitro groups is 1. The summed E-state index contributed by atoms with van der Waals surface area (Å²) in [5.74, 6) is -3.40. The Morgan fingerprint density at radius 1 is 1.36 bits per heavy atom. The Bertz CT molecular complexity index is 1400. The van der Waals surface area contributed by atoms with Crippen LogP contribution in [0.15, 0.2) is 34.8 Å². The van der Waals surface area contributed by atoms with Gasteiger partial charge in [-0.3, -0.25) is 29.4 Å². The molecule has 39 heavy (non-hydrogen) atoms. The average molecular weight is 577 g/mol. The predicted molar refractivity (Wildman–Crippen MR) is 135 cm³/mol. The van der Waals surface area contributed by atoms with Gasteiger partial charge in [-0.2, -0.15) is 0 Å². The van der Waals surface area contributed by atoms with Crippen LogP contribution in [0.4, 0.5) is 10.8 Å². The number of fused-ring (bicyclic) bond motifs is 3. The molecule has 0 spiro atoms. The fourth-order valence-corrected chi connectivity index (χ4v) is 6.67. The maximum absolute atomic E-state index is 13.4. The van der Waals surface area contributed by atoms with Crippen LogP contribution in [0.5, 0.6) is 0 Å². The quantitative estimate of drug-likeness (QED) is 0.144. The van der Waals surface area contributed by atoms with Crippen LogP contribution in [0.25, 0.3) is 0 Å². The smallest absolute Gasteiger partial charge is 0.373 e. The number of esters is 2. The average Bonchev–Trinajstić information content (AvgIpc) is 3.50. The highest BCUT2D eigenvalue weighted by atomic mass is 32.2. The fourth-order valence-electron chi connectivity index (χ4n) is 4.57. The summed E-state index contributed by atoms with van der Waals surface area (Å²) in [6, 6.07) is 4.33. The maximum Gasteiger partial charge on any atom is 0.373 e. The number of amides is 2. The van der Waals surface area contributed by atoms with Gasteiger partial charge in [0.15, 0.2) is 10.8 Å². The highest BCUT2D eigenvalue weighted by Gasteiger charge is 2.71. The molecule has 3 N–H and O–H groups in total. The monoisotopic (exact) mass is 576 g/mol. The number of benzene rings is 1. The fraction of sp³-hybridized carbons (Fsp3) is 0.364. The van der Waals surface area contributed by atoms with Crippen molar-refractivity contribution in [2.75, 3.05) is 18.6 Å². The molecule has 2 amide bonds. The molecule has 4 heterocycles. The maximum atomic E-state index is 13.4. The van der Waals surface area contributed by atoms with Gasteiger partial charge in [-0.15, -0.1) is 23.1 Å². The van der Waals surface area contributed by atoms with E-state index in [0.717, 1.165) is 16.2 Å². The normalized spacial score (nSPS) is 25.6. The van der Waals surface area contributed by atoms with Crippen molar-refractivity contribution in [3.63, 3.8) is 0 Å². The summed E-state index contributed by atoms with van der Waals surface area (Å²) in [5, 5.41) is 18.1. The lowest BCUT2D eigenvalue weighted by atomic mass is 9.89. The Morgan fingerprint density at radius 3 is 2.74 bits per heavy atom. The third kappa shape index (κ3) is 4.52. The second-order valence-corrected chi connectivity index (χ2v) is 10.7. The van der Waals surface area contributed by atoms with Crippen molar-refractivity contribution in [1.82, 2.24) is 15.2 Å². The molecule has 3 aliphatic heterocycles. The van der Waals surface area contributed by atoms with Gasteiger partial charge in [-0.25, -0.2) is 9.78 Å². The molecule has 1 aromatic carbocycles. The summed E-state index contributed by atoms with van der Waals surface area (Å²) in [6.45, 7) is -0.267. The number of nitrogens with one attached hydrogen (secondary N) is 1. The highest BCUT2D eigenvalue weighted by Crippen LogP contribution is 2.51. The summed E-state index contributed by atoms with van der Waals surface area (Å²) in [7, 11) is 1.25. The molecule has 3 saturated heterocycles. The van der Waals surface area contributed by atoms with Crippen LogP contribution in [0.1, 0.15) is 17.7 Å². The molecule has 0 aliphatic carbocycles. The van der Waals surface area contributed by atoms with Crippen LogP contribution in [0.3, 0.4) is 0 Å². The van der Waals surface area contributed by atoms with E-state index in [-0.39, 0.29) is 41.0 Å². The van der Waals surface area contributed by atoms with Crippen molar-refractivity contribution in [2.24, 2.45) is 11.1 Å². The minimum atomic E-state index is -1.99. The first-order valence-corrected chi connectivity index (χ1v) is 13.3. The van der Waals surface area contributed by atoms with Gasteiger partial charge in [0.1, 0.15) is 30.8 Å². The number of hydrogen-bond acceptors (Lipinski definition) is 14. The number of carbonyl (C=O) groups excluding carboxylic acids is 4. The summed E-state index contributed by atoms with van der Waals surface area (Å²) in [5.41, 5.74) is 3.96. The lowest BCUT2D eigenvalue weighted by Crippen LogP contribution is -2.80. The largest absolute Gasteiger partial charge is 0.456 e. The van der Waals surface area contributed by atoms with Crippen molar-refractivity contribution in [3.8, 4) is 0 Å². The number of non-ortho nitro benzene ring substituents is 1. The third-order valence-corrected chi connectivity index (χ3v) is 8.46. The standard InChI is InChI=1S/C22H20N6O9S2/c1-35-26-15(13-9-39-21(23)24-13)17(30)25-16-18(31)27-19(16)38-8-11-6-14(29)37-22(11,27)20(32)36-7-10-2-4-12(5-3-10)28(33)34/h2-5,9,11,16,19H,6-8H2,1H3,(H2,23,24)(H,25,30)/t11-,16+,19+,22+/m0/s1. The number of oxime groups is 1. The van der Waals surface area contributed by atoms with Crippen LogP contribution < -0.4 is 11.1 Å². The Morgan fingerprint density at radius 2 is 2.10 bits per heavy atom. The van der Waals surface area contributed by atoms with E-state index < -0.39 is 51.7 Å². The minimum Gasteiger partial charge on any atom is -0.456 e. The van der Waals surface area contributed by atoms with Gasteiger partial charge in [0, 0.05) is 29.2 Å². The molecule has 0 bridgehead atoms. The van der Waals surface area contributed by atoms with E-state index in [0.29, 0.717) is 5.56 Å². The van der Waals surface area contributed by atoms with E-state index in [9.17, 15) is 29.3 Å². The number of aromatic nitrogens is 1. The number of β-lactam (4-membered cyclic amide) rings is 1. The number of nitrogens with zero attached hydrogens (tertiary/aromatic N) is 4. The number of thiazole rings is 1. The van der Waals surface area contributed by atoms with E-state index in [1.165, 1.54) is 48.5 Å². The predicted octanol–water partition coefficient (Wildman–Crippen LogP) is 0.387. The summed E-state index contributed by atoms with van der Waals surface area (Å²) >= 11 is 2.38. The summed E-state index contributed by atoms with van der Waals surface area (Å²) in [4.78, 5) is 72.2. The number of nitro benzene ring substituents is 1. The molecule has 0 unspecified atom stereocenters. The van der Waals surface area contributed by atoms with E-state index in [1.807, 2.05) is 0 Å². The number of carbonyl (C=O) groups is 4. The molecule has 2 aromatic rings. The van der Waals surface area contributed by atoms with Gasteiger partial charge in [-0.05, 0) is 17.7 Å². The Labute approximate surface area is 227 Å². The first-order valence-electron chi connectivity index (χ1n) is 11.4. The molecular formula is C22H20N6O9S2. The van der Waals surface area contributed by atoms with Crippen LogP contribution >= 0.6 is 23.1 Å². The van der Waals surface area contributed by atoms with Gasteiger partial charge in [0.2, 0.25) is 0 Å². The first kappa shape index (κ1) is 26.4. The van der Waals surface area contributed by atoms with Crippen molar-refractivity contribution in [3.05, 3.63) is 51.0 Å². The zero-order valence-electron chi connectivity index (χ0n) is 20.1. The molecule has 17 heteroatoms. The van der Waals surface area contributed by atoms with Crippen molar-refractivity contribution >= 4 is 63.4 Å². The Kier molecular flexibility index (Phi) is 6.85. The highest BCUT2D eigenvalue weighted by molar-refractivity contribution is 8.00. The Balaban J connectivity index is 1.33. The number of anilines is 1. The zero-order chi connectivity index (χ0) is 27.9. The van der Waals surface area contributed by atoms with Gasteiger partial charge >= 0.3 is 11.9 Å². The number of rotatable bonds is 8. The lowest BCUT2D eigenvalue weighted by molar-refractivity contribution is -0.384. The van der Waals surface area contributed by atoms with Gasteiger partial charge in [-0.1, -0.05) is 5.16 Å².